The molecule has 1 unspecified atom stereocenters. The first-order chi connectivity index (χ1) is 14.5. The van der Waals surface area contributed by atoms with Crippen LogP contribution < -0.4 is 4.74 Å². The van der Waals surface area contributed by atoms with Crippen molar-refractivity contribution in [3.63, 3.8) is 0 Å². The van der Waals surface area contributed by atoms with Crippen LogP contribution in [0.5, 0.6) is 5.75 Å². The molecule has 5 nitrogen and oxygen atoms in total. The molecule has 0 radical (unpaired) electrons. The molecular weight excluding hydrogens is 374 g/mol. The predicted octanol–water partition coefficient (Wildman–Crippen LogP) is 4.27. The molecule has 1 fully saturated rings. The number of aliphatic hydroxyl groups excluding tert-OH is 1. The molecule has 30 heavy (non-hydrogen) atoms. The first-order valence-electron chi connectivity index (χ1n) is 10.8. The van der Waals surface area contributed by atoms with Gasteiger partial charge < -0.3 is 14.7 Å². The van der Waals surface area contributed by atoms with E-state index in [2.05, 4.69) is 44.0 Å². The lowest BCUT2D eigenvalue weighted by Crippen LogP contribution is -2.31. The van der Waals surface area contributed by atoms with Gasteiger partial charge in [0.25, 0.3) is 0 Å². The maximum atomic E-state index is 9.62. The van der Waals surface area contributed by atoms with Crippen molar-refractivity contribution < 1.29 is 9.84 Å². The highest BCUT2D eigenvalue weighted by Gasteiger charge is 2.22. The third kappa shape index (κ3) is 4.05. The maximum Gasteiger partial charge on any atom is 0.160 e. The van der Waals surface area contributed by atoms with Crippen molar-refractivity contribution in [1.29, 1.82) is 0 Å². The van der Waals surface area contributed by atoms with E-state index in [1.165, 1.54) is 12.0 Å². The summed E-state index contributed by atoms with van der Waals surface area (Å²) in [6.45, 7) is 6.44. The highest BCUT2D eigenvalue weighted by Crippen LogP contribution is 2.35. The molecule has 3 heterocycles. The molecule has 0 saturated carbocycles. The lowest BCUT2D eigenvalue weighted by molar-refractivity contribution is 0.248. The van der Waals surface area contributed by atoms with Crippen LogP contribution >= 0.6 is 0 Å². The Morgan fingerprint density at radius 2 is 2.00 bits per heavy atom. The second-order valence-corrected chi connectivity index (χ2v) is 8.51. The fraction of sp³-hybridized carbons (Fsp3) is 0.440. The zero-order chi connectivity index (χ0) is 21.3. The van der Waals surface area contributed by atoms with E-state index in [9.17, 15) is 5.11 Å². The number of benzene rings is 1. The first kappa shape index (κ1) is 20.8. The summed E-state index contributed by atoms with van der Waals surface area (Å²) in [7, 11) is 3.87. The first-order valence-corrected chi connectivity index (χ1v) is 10.8. The zero-order valence-electron chi connectivity index (χ0n) is 18.4. The largest absolute Gasteiger partial charge is 0.496 e. The van der Waals surface area contributed by atoms with Gasteiger partial charge in [0.2, 0.25) is 0 Å². The van der Waals surface area contributed by atoms with E-state index in [0.29, 0.717) is 12.3 Å². The summed E-state index contributed by atoms with van der Waals surface area (Å²) >= 11 is 0. The minimum absolute atomic E-state index is 0.121. The summed E-state index contributed by atoms with van der Waals surface area (Å²) in [5.41, 5.74) is 7.16. The number of hydrogen-bond donors (Lipinski definition) is 1. The molecule has 5 heteroatoms. The fourth-order valence-electron chi connectivity index (χ4n) is 4.70. The van der Waals surface area contributed by atoms with Gasteiger partial charge in [0.1, 0.15) is 5.75 Å². The monoisotopic (exact) mass is 405 g/mol. The van der Waals surface area contributed by atoms with E-state index in [-0.39, 0.29) is 6.61 Å². The molecule has 3 aromatic rings. The van der Waals surface area contributed by atoms with Gasteiger partial charge in [-0.1, -0.05) is 6.07 Å². The highest BCUT2D eigenvalue weighted by molar-refractivity contribution is 5.83. The van der Waals surface area contributed by atoms with E-state index >= 15 is 0 Å². The van der Waals surface area contributed by atoms with Gasteiger partial charge in [-0.15, -0.1) is 0 Å². The van der Waals surface area contributed by atoms with Gasteiger partial charge in [-0.3, -0.25) is 0 Å². The van der Waals surface area contributed by atoms with Gasteiger partial charge in [0.15, 0.2) is 5.65 Å². The number of aliphatic hydroxyl groups is 1. The molecule has 1 aliphatic rings. The lowest BCUT2D eigenvalue weighted by atomic mass is 9.92. The van der Waals surface area contributed by atoms with Crippen molar-refractivity contribution in [3.8, 4) is 17.0 Å². The van der Waals surface area contributed by atoms with Gasteiger partial charge in [0, 0.05) is 35.7 Å². The summed E-state index contributed by atoms with van der Waals surface area (Å²) in [6.07, 6.45) is 2.94. The average molecular weight is 406 g/mol. The number of fused-ring (bicyclic) bond motifs is 1. The van der Waals surface area contributed by atoms with E-state index in [0.717, 1.165) is 64.4 Å². The number of aromatic nitrogens is 2. The zero-order valence-corrected chi connectivity index (χ0v) is 18.4. The third-order valence-corrected chi connectivity index (χ3v) is 6.12. The lowest BCUT2D eigenvalue weighted by Gasteiger charge is -2.29. The van der Waals surface area contributed by atoms with Crippen molar-refractivity contribution in [2.24, 2.45) is 0 Å². The second kappa shape index (κ2) is 8.70. The maximum absolute atomic E-state index is 9.62. The molecule has 1 aliphatic heterocycles. The normalized spacial score (nSPS) is 17.4. The van der Waals surface area contributed by atoms with Crippen LogP contribution in [0.1, 0.15) is 41.1 Å². The number of pyridine rings is 2. The highest BCUT2D eigenvalue weighted by atomic mass is 16.5. The molecule has 0 spiro atoms. The minimum Gasteiger partial charge on any atom is -0.496 e. The van der Waals surface area contributed by atoms with Crippen molar-refractivity contribution in [2.45, 2.75) is 39.0 Å². The number of rotatable bonds is 5. The number of nitrogens with zero attached hydrogens (tertiary/aromatic N) is 3. The summed E-state index contributed by atoms with van der Waals surface area (Å²) < 4.78 is 5.67. The van der Waals surface area contributed by atoms with E-state index in [1.807, 2.05) is 12.1 Å². The van der Waals surface area contributed by atoms with Crippen LogP contribution in [-0.2, 0) is 6.42 Å². The number of likely N-dealkylation sites (tertiary alicyclic amines) is 1. The predicted molar refractivity (Wildman–Crippen MR) is 121 cm³/mol. The Morgan fingerprint density at radius 1 is 1.17 bits per heavy atom. The van der Waals surface area contributed by atoms with Gasteiger partial charge in [-0.2, -0.15) is 0 Å². The second-order valence-electron chi connectivity index (χ2n) is 8.51. The Kier molecular flexibility index (Phi) is 6.02. The molecule has 4 rings (SSSR count). The van der Waals surface area contributed by atoms with Crippen LogP contribution in [0.4, 0.5) is 0 Å². The number of hydrogen-bond acceptors (Lipinski definition) is 5. The van der Waals surface area contributed by atoms with Gasteiger partial charge >= 0.3 is 0 Å². The molecule has 1 atom stereocenters. The Bertz CT molecular complexity index is 1060. The van der Waals surface area contributed by atoms with Crippen LogP contribution in [0.2, 0.25) is 0 Å². The Balaban J connectivity index is 1.86. The van der Waals surface area contributed by atoms with Crippen LogP contribution in [-0.4, -0.2) is 53.8 Å². The minimum atomic E-state index is 0.121. The molecule has 0 aliphatic carbocycles. The third-order valence-electron chi connectivity index (χ3n) is 6.12. The van der Waals surface area contributed by atoms with E-state index < -0.39 is 0 Å². The SMILES string of the molecule is COc1cc(C)cc(C)c1-c1ccc2c(CCO)cc(C3CCCN(C)C3)nc2n1. The van der Waals surface area contributed by atoms with E-state index in [1.54, 1.807) is 7.11 Å². The Morgan fingerprint density at radius 3 is 2.73 bits per heavy atom. The molecule has 0 amide bonds. The molecule has 1 N–H and O–H groups in total. The molecule has 1 aromatic carbocycles. The van der Waals surface area contributed by atoms with Gasteiger partial charge in [-0.25, -0.2) is 9.97 Å². The molecule has 0 bridgehead atoms. The van der Waals surface area contributed by atoms with Crippen molar-refractivity contribution >= 4 is 11.0 Å². The van der Waals surface area contributed by atoms with Crippen LogP contribution in [0.3, 0.4) is 0 Å². The van der Waals surface area contributed by atoms with Gasteiger partial charge in [-0.05, 0) is 87.7 Å². The van der Waals surface area contributed by atoms with Crippen molar-refractivity contribution in [3.05, 3.63) is 52.7 Å². The number of ether oxygens (including phenoxy) is 1. The van der Waals surface area contributed by atoms with Crippen LogP contribution in [0.25, 0.3) is 22.3 Å². The van der Waals surface area contributed by atoms with E-state index in [4.69, 9.17) is 14.7 Å². The van der Waals surface area contributed by atoms with Crippen LogP contribution in [0.15, 0.2) is 30.3 Å². The molecular formula is C25H31N3O2. The Hall–Kier alpha value is -2.50. The number of likely N-dealkylation sites (N-methyl/N-ethyl adjacent to an activating group) is 1. The van der Waals surface area contributed by atoms with Gasteiger partial charge in [0.05, 0.1) is 12.8 Å². The summed E-state index contributed by atoms with van der Waals surface area (Å²) in [5, 5.41) is 10.6. The smallest absolute Gasteiger partial charge is 0.160 e. The topological polar surface area (TPSA) is 58.5 Å². The standard InChI is InChI=1S/C25H31N3O2/c1-16-12-17(2)24(23(13-16)30-4)21-8-7-20-18(9-11-29)14-22(27-25(20)26-21)19-6-5-10-28(3)15-19/h7-8,12-14,19,29H,5-6,9-11,15H2,1-4H3. The summed E-state index contributed by atoms with van der Waals surface area (Å²) in [5.74, 6) is 1.24. The summed E-state index contributed by atoms with van der Waals surface area (Å²) in [4.78, 5) is 12.4. The number of piperidine rings is 1. The van der Waals surface area contributed by atoms with Crippen molar-refractivity contribution in [2.75, 3.05) is 33.9 Å². The fourth-order valence-corrected chi connectivity index (χ4v) is 4.70. The average Bonchev–Trinajstić information content (AvgIpc) is 2.72. The molecule has 2 aromatic heterocycles. The summed E-state index contributed by atoms with van der Waals surface area (Å²) in [6, 6.07) is 10.5. The Labute approximate surface area is 178 Å². The number of methoxy groups -OCH3 is 1. The molecule has 1 saturated heterocycles. The number of aryl methyl sites for hydroxylation is 2. The quantitative estimate of drug-likeness (QED) is 0.687. The van der Waals surface area contributed by atoms with Crippen LogP contribution in [0, 0.1) is 13.8 Å². The molecule has 158 valence electrons. The van der Waals surface area contributed by atoms with Crippen molar-refractivity contribution in [1.82, 2.24) is 14.9 Å².